The summed E-state index contributed by atoms with van der Waals surface area (Å²) >= 11 is 7.68. The van der Waals surface area contributed by atoms with E-state index in [4.69, 9.17) is 0 Å². The van der Waals surface area contributed by atoms with Gasteiger partial charge in [0.05, 0.1) is 0 Å². The molecule has 0 unspecified atom stereocenters. The maximum absolute atomic E-state index is 15.0. The van der Waals surface area contributed by atoms with Gasteiger partial charge in [-0.3, -0.25) is 4.79 Å². The van der Waals surface area contributed by atoms with E-state index in [1.54, 1.807) is 0 Å². The van der Waals surface area contributed by atoms with Crippen LogP contribution >= 0.6 is 45.3 Å². The van der Waals surface area contributed by atoms with Crippen molar-refractivity contribution in [3.8, 4) is 0 Å². The summed E-state index contributed by atoms with van der Waals surface area (Å²) in [6.07, 6.45) is 37.9. The van der Waals surface area contributed by atoms with Crippen LogP contribution < -0.4 is 10.4 Å². The van der Waals surface area contributed by atoms with Crippen LogP contribution in [-0.2, 0) is 38.5 Å². The Kier molecular flexibility index (Phi) is 23.3. The predicted molar refractivity (Wildman–Crippen MR) is 311 cm³/mol. The van der Waals surface area contributed by atoms with Gasteiger partial charge in [0.2, 0.25) is 0 Å². The number of fused-ring (bicyclic) bond motifs is 2. The summed E-state index contributed by atoms with van der Waals surface area (Å²) in [6.45, 7) is 9.21. The highest BCUT2D eigenvalue weighted by Gasteiger charge is 2.23. The molecule has 0 atom stereocenters. The first-order chi connectivity index (χ1) is 34.5. The van der Waals surface area contributed by atoms with Crippen molar-refractivity contribution in [2.24, 2.45) is 0 Å². The minimum atomic E-state index is 0.184. The molecule has 5 heteroatoms. The zero-order valence-corrected chi connectivity index (χ0v) is 47.1. The summed E-state index contributed by atoms with van der Waals surface area (Å²) in [5.41, 5.74) is 10.5. The maximum Gasteiger partial charge on any atom is 0.194 e. The summed E-state index contributed by atoms with van der Waals surface area (Å²) in [6, 6.07) is 23.4. The second-order valence-electron chi connectivity index (χ2n) is 20.5. The van der Waals surface area contributed by atoms with Crippen LogP contribution in [0.2, 0.25) is 0 Å². The quantitative estimate of drug-likeness (QED) is 0.0368. The fraction of sp³-hybridized carbons (Fsp3) is 0.523. The maximum atomic E-state index is 15.0. The van der Waals surface area contributed by atoms with Crippen LogP contribution in [0.5, 0.6) is 0 Å². The summed E-state index contributed by atoms with van der Waals surface area (Å²) < 4.78 is 0. The van der Waals surface area contributed by atoms with Gasteiger partial charge in [0, 0.05) is 43.5 Å². The summed E-state index contributed by atoms with van der Waals surface area (Å²) in [5.74, 6) is 0.184. The molecule has 4 aromatic heterocycles. The van der Waals surface area contributed by atoms with Gasteiger partial charge in [-0.05, 0) is 164 Å². The number of hydrogen-bond acceptors (Lipinski definition) is 5. The van der Waals surface area contributed by atoms with E-state index in [1.165, 1.54) is 217 Å². The molecule has 1 nitrogen and oxygen atoms in total. The second-order valence-corrected chi connectivity index (χ2v) is 24.4. The number of carbonyl (C=O) groups excluding carboxylic acids is 1. The molecule has 0 saturated carbocycles. The molecule has 376 valence electrons. The van der Waals surface area contributed by atoms with E-state index >= 15 is 4.79 Å². The van der Waals surface area contributed by atoms with E-state index in [1.807, 2.05) is 45.3 Å². The Morgan fingerprint density at radius 3 is 1.04 bits per heavy atom. The van der Waals surface area contributed by atoms with Gasteiger partial charge in [0.15, 0.2) is 5.78 Å². The van der Waals surface area contributed by atoms with E-state index in [9.17, 15) is 0 Å². The Morgan fingerprint density at radius 1 is 0.357 bits per heavy atom. The third kappa shape index (κ3) is 15.3. The predicted octanol–water partition coefficient (Wildman–Crippen LogP) is 19.3. The van der Waals surface area contributed by atoms with E-state index in [0.717, 1.165) is 60.1 Å². The van der Waals surface area contributed by atoms with Gasteiger partial charge in [-0.25, -0.2) is 0 Å². The molecule has 2 aromatic carbocycles. The Balaban J connectivity index is 1.24. The lowest BCUT2D eigenvalue weighted by molar-refractivity contribution is 0.104. The van der Waals surface area contributed by atoms with E-state index < -0.39 is 0 Å². The number of hydrogen-bond donors (Lipinski definition) is 0. The van der Waals surface area contributed by atoms with Gasteiger partial charge in [0.25, 0.3) is 0 Å². The first kappa shape index (κ1) is 54.4. The number of unbranched alkanes of at least 4 members (excludes halogenated alkanes) is 20. The van der Waals surface area contributed by atoms with Crippen LogP contribution in [0.4, 0.5) is 0 Å². The molecule has 0 saturated heterocycles. The first-order valence-corrected chi connectivity index (χ1v) is 31.9. The zero-order valence-electron chi connectivity index (χ0n) is 43.8. The molecule has 0 amide bonds. The van der Waals surface area contributed by atoms with Crippen LogP contribution in [-0.4, -0.2) is 5.78 Å². The van der Waals surface area contributed by atoms with Gasteiger partial charge in [-0.2, -0.15) is 0 Å². The van der Waals surface area contributed by atoms with Crippen molar-refractivity contribution in [1.29, 1.82) is 0 Å². The molecule has 0 aliphatic heterocycles. The third-order valence-electron chi connectivity index (χ3n) is 15.1. The number of thiophene rings is 4. The van der Waals surface area contributed by atoms with Gasteiger partial charge in [0.1, 0.15) is 0 Å². The van der Waals surface area contributed by atoms with Crippen LogP contribution in [0.1, 0.15) is 239 Å². The number of carbonyl (C=O) groups is 1. The molecule has 6 aromatic rings. The van der Waals surface area contributed by atoms with Crippen molar-refractivity contribution in [1.82, 2.24) is 0 Å². The summed E-state index contributed by atoms with van der Waals surface area (Å²) in [5, 5.41) is 13.9. The van der Waals surface area contributed by atoms with Crippen LogP contribution in [0.15, 0.2) is 82.2 Å². The highest BCUT2D eigenvalue weighted by Crippen LogP contribution is 2.34. The van der Waals surface area contributed by atoms with Crippen molar-refractivity contribution in [3.63, 3.8) is 0 Å². The lowest BCUT2D eigenvalue weighted by atomic mass is 9.96. The molecule has 1 aliphatic carbocycles. The molecule has 0 spiro atoms. The number of aryl methyl sites for hydroxylation is 4. The lowest BCUT2D eigenvalue weighted by Gasteiger charge is -2.12. The third-order valence-corrected chi connectivity index (χ3v) is 19.1. The monoisotopic (exact) mass is 1010 g/mol. The Bertz CT molecular complexity index is 2530. The number of rotatable bonds is 34. The Hall–Kier alpha value is -3.35. The second kappa shape index (κ2) is 30.0. The summed E-state index contributed by atoms with van der Waals surface area (Å²) in [4.78, 5) is 20.8. The minimum absolute atomic E-state index is 0.184. The van der Waals surface area contributed by atoms with Gasteiger partial charge in [-0.15, -0.1) is 45.3 Å². The molecular formula is C65H86OS4. The van der Waals surface area contributed by atoms with E-state index in [0.29, 0.717) is 0 Å². The molecule has 4 heterocycles. The van der Waals surface area contributed by atoms with Crippen LogP contribution in [0.25, 0.3) is 11.1 Å². The van der Waals surface area contributed by atoms with Crippen LogP contribution in [0, 0.1) is 10.4 Å². The minimum Gasteiger partial charge on any atom is -0.289 e. The zero-order chi connectivity index (χ0) is 48.8. The SMILES string of the molecule is CCCCCCCCc1ccsc1C/C(c1sccc1CCCCCCCC)=c1/ccc2c(c1)C(=O)c1c/c(=C(\Cc3sccc3CCCCCCCC)c3sccc3CCCCCCCC)ccc1=2. The average Bonchev–Trinajstić information content (AvgIpc) is 4.25. The molecule has 7 rings (SSSR count). The standard InChI is InChI=1S/C65H86OS4/c1-5-9-13-17-21-25-29-49-37-41-67-61(49)47-57(64-51(39-43-69-64)31-27-23-19-15-11-7-3)53-33-35-55-56-36-34-54(46-60(56)63(66)59(55)45-53)58(65-52(40-44-70-65)32-28-24-20-16-12-8-4)48-62-50(38-42-68-62)30-26-22-18-14-10-6-2/h33-46H,5-32,47-48H2,1-4H3/b57-53+,58-54+. The molecule has 1 aliphatic rings. The van der Waals surface area contributed by atoms with Gasteiger partial charge >= 0.3 is 0 Å². The van der Waals surface area contributed by atoms with Crippen LogP contribution in [0.3, 0.4) is 0 Å². The first-order valence-electron chi connectivity index (χ1n) is 28.3. The van der Waals surface area contributed by atoms with Gasteiger partial charge < -0.3 is 0 Å². The molecule has 0 fully saturated rings. The van der Waals surface area contributed by atoms with Crippen molar-refractivity contribution in [2.75, 3.05) is 0 Å². The molecule has 70 heavy (non-hydrogen) atoms. The normalized spacial score (nSPS) is 13.1. The van der Waals surface area contributed by atoms with Crippen molar-refractivity contribution in [2.45, 2.75) is 220 Å². The fourth-order valence-electron chi connectivity index (χ4n) is 10.9. The highest BCUT2D eigenvalue weighted by atomic mass is 32.1. The van der Waals surface area contributed by atoms with Crippen molar-refractivity contribution in [3.05, 3.63) is 156 Å². The molecular weight excluding hydrogens is 925 g/mol. The average molecular weight is 1010 g/mol. The Labute approximate surface area is 440 Å². The molecule has 0 radical (unpaired) electrons. The number of ketones is 1. The topological polar surface area (TPSA) is 17.1 Å². The highest BCUT2D eigenvalue weighted by molar-refractivity contribution is 7.12. The fourth-order valence-corrected chi connectivity index (χ4v) is 14.8. The summed E-state index contributed by atoms with van der Waals surface area (Å²) in [7, 11) is 0. The largest absolute Gasteiger partial charge is 0.289 e. The van der Waals surface area contributed by atoms with Crippen molar-refractivity contribution >= 4 is 62.3 Å². The molecule has 0 N–H and O–H groups in total. The van der Waals surface area contributed by atoms with Crippen molar-refractivity contribution < 1.29 is 4.79 Å². The smallest absolute Gasteiger partial charge is 0.194 e. The lowest BCUT2D eigenvalue weighted by Crippen LogP contribution is -2.14. The van der Waals surface area contributed by atoms with Gasteiger partial charge in [-0.1, -0.05) is 180 Å². The van der Waals surface area contributed by atoms with E-state index in [-0.39, 0.29) is 5.78 Å². The molecule has 0 bridgehead atoms. The van der Waals surface area contributed by atoms with E-state index in [2.05, 4.69) is 110 Å². The Morgan fingerprint density at radius 2 is 0.671 bits per heavy atom. The number of benzene rings is 2.